The molecule has 1 aliphatic carbocycles. The molecule has 0 radical (unpaired) electrons. The Bertz CT molecular complexity index is 466. The van der Waals surface area contributed by atoms with Gasteiger partial charge in [0.05, 0.1) is 12.3 Å². The monoisotopic (exact) mass is 246 g/mol. The van der Waals surface area contributed by atoms with Crippen LogP contribution in [-0.4, -0.2) is 15.7 Å². The van der Waals surface area contributed by atoms with E-state index in [9.17, 15) is 10.1 Å². The first-order chi connectivity index (χ1) is 8.66. The largest absolute Gasteiger partial charge is 0.351 e. The summed E-state index contributed by atoms with van der Waals surface area (Å²) in [6, 6.07) is 2.23. The van der Waals surface area contributed by atoms with Gasteiger partial charge >= 0.3 is 0 Å². The summed E-state index contributed by atoms with van der Waals surface area (Å²) in [5, 5.41) is 16.2. The van der Waals surface area contributed by atoms with Crippen molar-refractivity contribution in [2.75, 3.05) is 0 Å². The Morgan fingerprint density at radius 2 is 2.28 bits per heavy atom. The molecule has 96 valence electrons. The number of hydrogen-bond acceptors (Lipinski definition) is 3. The standard InChI is InChI=1S/C13H18N4O/c1-17-9-11(8-16-17)7-15-12(18)13(10-14)5-3-2-4-6-13/h8-9H,2-7H2,1H3,(H,15,18). The van der Waals surface area contributed by atoms with E-state index in [1.54, 1.807) is 10.9 Å². The van der Waals surface area contributed by atoms with Gasteiger partial charge in [0, 0.05) is 25.4 Å². The molecule has 18 heavy (non-hydrogen) atoms. The number of aryl methyl sites for hydroxylation is 1. The van der Waals surface area contributed by atoms with Crippen molar-refractivity contribution in [1.29, 1.82) is 5.26 Å². The maximum atomic E-state index is 12.2. The highest BCUT2D eigenvalue weighted by atomic mass is 16.2. The maximum Gasteiger partial charge on any atom is 0.240 e. The molecule has 1 saturated carbocycles. The van der Waals surface area contributed by atoms with E-state index in [1.165, 1.54) is 0 Å². The van der Waals surface area contributed by atoms with E-state index in [-0.39, 0.29) is 5.91 Å². The lowest BCUT2D eigenvalue weighted by atomic mass is 9.74. The van der Waals surface area contributed by atoms with Crippen LogP contribution < -0.4 is 5.32 Å². The summed E-state index contributed by atoms with van der Waals surface area (Å²) in [6.07, 6.45) is 8.01. The van der Waals surface area contributed by atoms with Crippen LogP contribution in [0, 0.1) is 16.7 Å². The molecule has 0 spiro atoms. The van der Waals surface area contributed by atoms with Gasteiger partial charge in [-0.1, -0.05) is 19.3 Å². The molecule has 0 aliphatic heterocycles. The number of rotatable bonds is 3. The van der Waals surface area contributed by atoms with Crippen LogP contribution in [0.3, 0.4) is 0 Å². The van der Waals surface area contributed by atoms with Crippen molar-refractivity contribution in [2.24, 2.45) is 12.5 Å². The zero-order valence-corrected chi connectivity index (χ0v) is 10.6. The first-order valence-electron chi connectivity index (χ1n) is 6.33. The van der Waals surface area contributed by atoms with E-state index >= 15 is 0 Å². The first-order valence-corrected chi connectivity index (χ1v) is 6.33. The van der Waals surface area contributed by atoms with Gasteiger partial charge in [-0.3, -0.25) is 9.48 Å². The van der Waals surface area contributed by atoms with Gasteiger partial charge in [0.15, 0.2) is 0 Å². The molecule has 5 nitrogen and oxygen atoms in total. The SMILES string of the molecule is Cn1cc(CNC(=O)C2(C#N)CCCCC2)cn1. The minimum Gasteiger partial charge on any atom is -0.351 e. The van der Waals surface area contributed by atoms with Crippen molar-refractivity contribution in [3.8, 4) is 6.07 Å². The fourth-order valence-electron chi connectivity index (χ4n) is 2.46. The molecule has 2 rings (SSSR count). The Kier molecular flexibility index (Phi) is 3.66. The Labute approximate surface area is 107 Å². The van der Waals surface area contributed by atoms with Gasteiger partial charge in [0.2, 0.25) is 5.91 Å². The van der Waals surface area contributed by atoms with E-state index in [0.717, 1.165) is 24.8 Å². The number of carbonyl (C=O) groups is 1. The van der Waals surface area contributed by atoms with Crippen LogP contribution in [0.4, 0.5) is 0 Å². The predicted octanol–water partition coefficient (Wildman–Crippen LogP) is 1.51. The highest BCUT2D eigenvalue weighted by Gasteiger charge is 2.39. The lowest BCUT2D eigenvalue weighted by Crippen LogP contribution is -2.41. The lowest BCUT2D eigenvalue weighted by molar-refractivity contribution is -0.129. The van der Waals surface area contributed by atoms with Gasteiger partial charge in [0.25, 0.3) is 0 Å². The molecule has 1 aliphatic rings. The van der Waals surface area contributed by atoms with Crippen molar-refractivity contribution in [1.82, 2.24) is 15.1 Å². The molecule has 1 fully saturated rings. The van der Waals surface area contributed by atoms with Gasteiger partial charge in [-0.2, -0.15) is 10.4 Å². The number of aromatic nitrogens is 2. The number of amides is 1. The van der Waals surface area contributed by atoms with Crippen molar-refractivity contribution in [2.45, 2.75) is 38.6 Å². The van der Waals surface area contributed by atoms with Gasteiger partial charge in [0.1, 0.15) is 5.41 Å². The van der Waals surface area contributed by atoms with Crippen LogP contribution in [0.5, 0.6) is 0 Å². The second-order valence-electron chi connectivity index (χ2n) is 4.96. The predicted molar refractivity (Wildman–Crippen MR) is 66.2 cm³/mol. The third kappa shape index (κ3) is 2.53. The smallest absolute Gasteiger partial charge is 0.240 e. The van der Waals surface area contributed by atoms with Crippen LogP contribution >= 0.6 is 0 Å². The van der Waals surface area contributed by atoms with Gasteiger partial charge in [-0.15, -0.1) is 0 Å². The van der Waals surface area contributed by atoms with Crippen molar-refractivity contribution in [3.05, 3.63) is 18.0 Å². The van der Waals surface area contributed by atoms with Gasteiger partial charge in [-0.05, 0) is 12.8 Å². The molecule has 0 saturated heterocycles. The average molecular weight is 246 g/mol. The number of carbonyl (C=O) groups excluding carboxylic acids is 1. The molecule has 1 amide bonds. The second kappa shape index (κ2) is 5.21. The van der Waals surface area contributed by atoms with E-state index in [0.29, 0.717) is 19.4 Å². The van der Waals surface area contributed by atoms with Gasteiger partial charge < -0.3 is 5.32 Å². The van der Waals surface area contributed by atoms with Crippen LogP contribution in [0.2, 0.25) is 0 Å². The summed E-state index contributed by atoms with van der Waals surface area (Å²) in [7, 11) is 1.84. The molecular formula is C13H18N4O. The van der Waals surface area contributed by atoms with E-state index < -0.39 is 5.41 Å². The van der Waals surface area contributed by atoms with Gasteiger partial charge in [-0.25, -0.2) is 0 Å². The number of nitriles is 1. The first kappa shape index (κ1) is 12.6. The molecule has 0 bridgehead atoms. The van der Waals surface area contributed by atoms with Crippen molar-refractivity contribution >= 4 is 5.91 Å². The van der Waals surface area contributed by atoms with Crippen LogP contribution in [0.1, 0.15) is 37.7 Å². The van der Waals surface area contributed by atoms with Crippen LogP contribution in [0.15, 0.2) is 12.4 Å². The lowest BCUT2D eigenvalue weighted by Gasteiger charge is -2.29. The fourth-order valence-corrected chi connectivity index (χ4v) is 2.46. The quantitative estimate of drug-likeness (QED) is 0.878. The molecular weight excluding hydrogens is 228 g/mol. The van der Waals surface area contributed by atoms with E-state index in [1.807, 2.05) is 13.2 Å². The average Bonchev–Trinajstić information content (AvgIpc) is 2.82. The summed E-state index contributed by atoms with van der Waals surface area (Å²) in [6.45, 7) is 0.441. The van der Waals surface area contributed by atoms with Crippen LogP contribution in [0.25, 0.3) is 0 Å². The number of hydrogen-bond donors (Lipinski definition) is 1. The summed E-state index contributed by atoms with van der Waals surface area (Å²) < 4.78 is 1.70. The third-order valence-corrected chi connectivity index (χ3v) is 3.57. The Morgan fingerprint density at radius 1 is 1.56 bits per heavy atom. The van der Waals surface area contributed by atoms with E-state index in [2.05, 4.69) is 16.5 Å². The molecule has 0 atom stereocenters. The Balaban J connectivity index is 1.96. The Morgan fingerprint density at radius 3 is 2.83 bits per heavy atom. The molecule has 1 aromatic rings. The summed E-state index contributed by atoms with van der Waals surface area (Å²) in [4.78, 5) is 12.2. The molecule has 1 N–H and O–H groups in total. The number of nitrogens with zero attached hydrogens (tertiary/aromatic N) is 3. The summed E-state index contributed by atoms with van der Waals surface area (Å²) in [5.74, 6) is -0.131. The second-order valence-corrected chi connectivity index (χ2v) is 4.96. The molecule has 1 heterocycles. The zero-order chi connectivity index (χ0) is 13.0. The molecule has 0 aromatic carbocycles. The van der Waals surface area contributed by atoms with E-state index in [4.69, 9.17) is 0 Å². The highest BCUT2D eigenvalue weighted by molar-refractivity contribution is 5.85. The topological polar surface area (TPSA) is 70.7 Å². The maximum absolute atomic E-state index is 12.2. The van der Waals surface area contributed by atoms with Crippen molar-refractivity contribution in [3.63, 3.8) is 0 Å². The molecule has 5 heteroatoms. The Hall–Kier alpha value is -1.83. The summed E-state index contributed by atoms with van der Waals surface area (Å²) in [5.41, 5.74) is 0.148. The molecule has 0 unspecified atom stereocenters. The van der Waals surface area contributed by atoms with Crippen LogP contribution in [-0.2, 0) is 18.4 Å². The third-order valence-electron chi connectivity index (χ3n) is 3.57. The normalized spacial score (nSPS) is 18.0. The number of nitrogens with one attached hydrogen (secondary N) is 1. The fraction of sp³-hybridized carbons (Fsp3) is 0.615. The minimum absolute atomic E-state index is 0.131. The highest BCUT2D eigenvalue weighted by Crippen LogP contribution is 2.35. The molecule has 1 aromatic heterocycles. The zero-order valence-electron chi connectivity index (χ0n) is 10.6. The van der Waals surface area contributed by atoms with Crippen molar-refractivity contribution < 1.29 is 4.79 Å². The minimum atomic E-state index is -0.805. The summed E-state index contributed by atoms with van der Waals surface area (Å²) >= 11 is 0.